The summed E-state index contributed by atoms with van der Waals surface area (Å²) >= 11 is 0. The maximum absolute atomic E-state index is 15.2. The van der Waals surface area contributed by atoms with Gasteiger partial charge < -0.3 is 74.0 Å². The number of hydrogen-bond donors (Lipinski definition) is 13. The number of primary amides is 1. The molecule has 106 heavy (non-hydrogen) atoms. The molecular formula is C81H98N12O13. The summed E-state index contributed by atoms with van der Waals surface area (Å²) in [4.78, 5) is 158. The van der Waals surface area contributed by atoms with Gasteiger partial charge in [-0.1, -0.05) is 190 Å². The van der Waals surface area contributed by atoms with Gasteiger partial charge in [0.05, 0.1) is 6.61 Å². The number of unbranched alkanes of at least 4 members (excludes halogenated alkanes) is 1. The Morgan fingerprint density at radius 1 is 0.443 bits per heavy atom. The molecular weight excluding hydrogens is 1350 g/mol. The molecule has 0 saturated carbocycles. The molecule has 1 fully saturated rings. The molecule has 560 valence electrons. The Hall–Kier alpha value is -11.3. The summed E-state index contributed by atoms with van der Waals surface area (Å²) in [6.07, 6.45) is 1.30. The zero-order valence-electron chi connectivity index (χ0n) is 60.3. The smallest absolute Gasteiger partial charge is 0.245 e. The van der Waals surface area contributed by atoms with Crippen molar-refractivity contribution in [3.05, 3.63) is 221 Å². The third-order valence-electron chi connectivity index (χ3n) is 18.4. The van der Waals surface area contributed by atoms with Gasteiger partial charge in [0.1, 0.15) is 66.2 Å². The average Bonchev–Trinajstić information content (AvgIpc) is 1.58. The largest absolute Gasteiger partial charge is 0.508 e. The quantitative estimate of drug-likeness (QED) is 0.0243. The SMILES string of the molecule is CC(=O)N[C@@H](Cc1ccc2ccccc2c1)C(=O)N[C@@H](Cc1ccccc1)C(=O)N[C@@H](Cc1ccccc1)C(=O)N[C@@H](CO)C(=O)N[C@@H](Cc1ccc(O)cc1)C(=O)N[C@@H](CCCCNCc1ccccc1)C(=O)N[C@@H](Cc1ccccc1)C(=O)N[C@@H](CC(C)C)C(=O)N1CCC[C@@H]1C(=O)N[C@@H](C)C(N)=O. The van der Waals surface area contributed by atoms with Crippen molar-refractivity contribution in [3.8, 4) is 5.75 Å². The van der Waals surface area contributed by atoms with Crippen LogP contribution in [0.1, 0.15) is 99.6 Å². The second-order valence-electron chi connectivity index (χ2n) is 27.3. The first-order valence-corrected chi connectivity index (χ1v) is 36.0. The molecule has 0 spiro atoms. The lowest BCUT2D eigenvalue weighted by Gasteiger charge is -2.31. The molecule has 14 N–H and O–H groups in total. The molecule has 1 heterocycles. The van der Waals surface area contributed by atoms with E-state index in [1.807, 2.05) is 86.6 Å². The van der Waals surface area contributed by atoms with Crippen molar-refractivity contribution in [2.75, 3.05) is 19.7 Å². The summed E-state index contributed by atoms with van der Waals surface area (Å²) < 4.78 is 0. The van der Waals surface area contributed by atoms with Crippen LogP contribution in [-0.4, -0.2) is 160 Å². The third-order valence-corrected chi connectivity index (χ3v) is 18.4. The van der Waals surface area contributed by atoms with Gasteiger partial charge in [0.25, 0.3) is 0 Å². The Kier molecular flexibility index (Phi) is 30.8. The van der Waals surface area contributed by atoms with Gasteiger partial charge in [0.15, 0.2) is 0 Å². The number of aliphatic hydroxyl groups is 1. The molecule has 1 aliphatic heterocycles. The van der Waals surface area contributed by atoms with Crippen molar-refractivity contribution in [3.63, 3.8) is 0 Å². The lowest BCUT2D eigenvalue weighted by atomic mass is 9.99. The van der Waals surface area contributed by atoms with Crippen LogP contribution >= 0.6 is 0 Å². The minimum atomic E-state index is -1.78. The second kappa shape index (κ2) is 40.7. The molecule has 11 amide bonds. The highest BCUT2D eigenvalue weighted by Crippen LogP contribution is 2.23. The van der Waals surface area contributed by atoms with Gasteiger partial charge in [-0.15, -0.1) is 0 Å². The lowest BCUT2D eigenvalue weighted by molar-refractivity contribution is -0.142. The number of benzene rings is 7. The van der Waals surface area contributed by atoms with Crippen LogP contribution in [0.3, 0.4) is 0 Å². The third kappa shape index (κ3) is 25.2. The Bertz CT molecular complexity index is 4100. The first-order valence-electron chi connectivity index (χ1n) is 36.0. The molecule has 7 aromatic carbocycles. The number of hydrogen-bond acceptors (Lipinski definition) is 14. The highest BCUT2D eigenvalue weighted by molar-refractivity contribution is 5.99. The molecule has 0 aromatic heterocycles. The molecule has 0 radical (unpaired) electrons. The van der Waals surface area contributed by atoms with Gasteiger partial charge in [-0.05, 0) is 114 Å². The van der Waals surface area contributed by atoms with Crippen molar-refractivity contribution in [2.24, 2.45) is 11.7 Å². The normalized spacial score (nSPS) is 15.2. The van der Waals surface area contributed by atoms with Gasteiger partial charge in [0.2, 0.25) is 65.0 Å². The number of fused-ring (bicyclic) bond motifs is 1. The number of carbonyl (C=O) groups is 11. The summed E-state index contributed by atoms with van der Waals surface area (Å²) in [5.74, 6) is -8.53. The Balaban J connectivity index is 1.04. The molecule has 25 nitrogen and oxygen atoms in total. The minimum Gasteiger partial charge on any atom is -0.508 e. The van der Waals surface area contributed by atoms with Gasteiger partial charge in [-0.25, -0.2) is 0 Å². The predicted octanol–water partition coefficient (Wildman–Crippen LogP) is 3.94. The highest BCUT2D eigenvalue weighted by Gasteiger charge is 2.41. The summed E-state index contributed by atoms with van der Waals surface area (Å²) in [5, 5.41) is 51.4. The topological polar surface area (TPSA) is 378 Å². The van der Waals surface area contributed by atoms with E-state index in [-0.39, 0.29) is 63.2 Å². The van der Waals surface area contributed by atoms with Crippen LogP contribution in [0.4, 0.5) is 0 Å². The van der Waals surface area contributed by atoms with Crippen LogP contribution < -0.4 is 58.9 Å². The van der Waals surface area contributed by atoms with Gasteiger partial charge >= 0.3 is 0 Å². The number of nitrogens with two attached hydrogens (primary N) is 1. The van der Waals surface area contributed by atoms with Crippen molar-refractivity contribution < 1.29 is 63.0 Å². The number of phenolic OH excluding ortho intramolecular Hbond substituents is 1. The van der Waals surface area contributed by atoms with Crippen LogP contribution in [0.5, 0.6) is 5.75 Å². The Morgan fingerprint density at radius 2 is 0.840 bits per heavy atom. The summed E-state index contributed by atoms with van der Waals surface area (Å²) in [6.45, 7) is 6.67. The fourth-order valence-corrected chi connectivity index (χ4v) is 12.7. The first kappa shape index (κ1) is 80.4. The molecule has 7 aromatic rings. The van der Waals surface area contributed by atoms with Gasteiger partial charge in [0, 0.05) is 52.1 Å². The maximum Gasteiger partial charge on any atom is 0.245 e. The van der Waals surface area contributed by atoms with E-state index in [9.17, 15) is 53.4 Å². The minimum absolute atomic E-state index is 0.00627. The van der Waals surface area contributed by atoms with E-state index in [1.54, 1.807) is 91.0 Å². The van der Waals surface area contributed by atoms with Crippen LogP contribution in [0, 0.1) is 5.92 Å². The molecule has 0 unspecified atom stereocenters. The van der Waals surface area contributed by atoms with Gasteiger partial charge in [-0.3, -0.25) is 52.7 Å². The summed E-state index contributed by atoms with van der Waals surface area (Å²) in [7, 11) is 0. The number of phenols is 1. The molecule has 25 heteroatoms. The number of nitrogens with one attached hydrogen (secondary N) is 10. The number of aromatic hydroxyl groups is 1. The number of amides is 11. The van der Waals surface area contributed by atoms with E-state index in [1.165, 1.54) is 43.0 Å². The number of rotatable bonds is 39. The van der Waals surface area contributed by atoms with Crippen molar-refractivity contribution in [1.29, 1.82) is 0 Å². The molecule has 1 saturated heterocycles. The molecule has 0 aliphatic carbocycles. The number of carbonyl (C=O) groups excluding carboxylic acids is 11. The zero-order valence-corrected chi connectivity index (χ0v) is 60.3. The zero-order chi connectivity index (χ0) is 76.1. The Morgan fingerprint density at radius 3 is 1.31 bits per heavy atom. The average molecular weight is 1450 g/mol. The number of aliphatic hydroxyl groups excluding tert-OH is 1. The van der Waals surface area contributed by atoms with E-state index in [0.717, 1.165) is 21.9 Å². The predicted molar refractivity (Wildman–Crippen MR) is 401 cm³/mol. The van der Waals surface area contributed by atoms with E-state index in [0.29, 0.717) is 61.0 Å². The Labute approximate surface area is 617 Å². The van der Waals surface area contributed by atoms with Crippen molar-refractivity contribution in [2.45, 2.75) is 165 Å². The fraction of sp³-hybridized carbons (Fsp3) is 0.370. The van der Waals surface area contributed by atoms with Gasteiger partial charge in [-0.2, -0.15) is 0 Å². The molecule has 10 atom stereocenters. The summed E-state index contributed by atoms with van der Waals surface area (Å²) in [6, 6.07) is 42.0. The van der Waals surface area contributed by atoms with Crippen molar-refractivity contribution in [1.82, 2.24) is 58.1 Å². The first-order chi connectivity index (χ1) is 51.0. The van der Waals surface area contributed by atoms with Crippen LogP contribution in [0.15, 0.2) is 188 Å². The highest BCUT2D eigenvalue weighted by atomic mass is 16.3. The number of likely N-dealkylation sites (tertiary alicyclic amines) is 1. The molecule has 1 aliphatic rings. The lowest BCUT2D eigenvalue weighted by Crippen LogP contribution is -2.61. The molecule has 0 bridgehead atoms. The van der Waals surface area contributed by atoms with Crippen LogP contribution in [0.25, 0.3) is 10.8 Å². The van der Waals surface area contributed by atoms with Crippen molar-refractivity contribution >= 4 is 75.8 Å². The van der Waals surface area contributed by atoms with E-state index >= 15 is 9.59 Å². The van der Waals surface area contributed by atoms with E-state index in [4.69, 9.17) is 5.73 Å². The fourth-order valence-electron chi connectivity index (χ4n) is 12.7. The van der Waals surface area contributed by atoms with E-state index in [2.05, 4.69) is 53.2 Å². The van der Waals surface area contributed by atoms with E-state index < -0.39 is 132 Å². The number of nitrogens with zero attached hydrogens (tertiary/aromatic N) is 1. The van der Waals surface area contributed by atoms with Crippen LogP contribution in [0.2, 0.25) is 0 Å². The summed E-state index contributed by atoms with van der Waals surface area (Å²) in [5.41, 5.74) is 9.51. The second-order valence-corrected chi connectivity index (χ2v) is 27.3. The monoisotopic (exact) mass is 1450 g/mol. The van der Waals surface area contributed by atoms with Crippen LogP contribution in [-0.2, 0) is 91.4 Å². The maximum atomic E-state index is 15.2. The standard InChI is InChI=1S/C81H98N12O13/c1-51(2)42-69(81(106)93-41-21-33-71(93)80(105)84-52(3)72(82)97)91-77(102)66(45-55-24-11-6-12-25-55)87-73(98)63(32-19-20-40-83-49-58-28-15-8-16-29-58)86-75(100)68(47-57-35-38-62(96)39-36-57)90-79(104)70(50-94)92-78(103)67(46-56-26-13-7-14-27-56)89-76(101)65(44-54-22-9-5-10-23-54)88-74(99)64(85-53(4)95)48-59-34-37-60-30-17-18-31-61(60)43-59/h5-18,22-31,34-39,43,51-52,63-71,83,94,96H,19-21,32-33,40-42,44-50H2,1-4H3,(H2,82,97)(H,84,105)(H,85,95)(H,86,100)(H,87,98)(H,88,99)(H,89,101)(H,90,104)(H,91,102)(H,92,103)/t52-,63-,64-,65-,66-,67-,68-,69-,70-,71+/m0/s1. The molecule has 8 rings (SSSR count).